The minimum absolute atomic E-state index is 0.0853. The molecule has 0 atom stereocenters. The van der Waals surface area contributed by atoms with Crippen molar-refractivity contribution in [3.05, 3.63) is 76.4 Å². The Morgan fingerprint density at radius 1 is 0.963 bits per heavy atom. The van der Waals surface area contributed by atoms with Crippen LogP contribution >= 0.6 is 11.6 Å². The molecule has 1 aliphatic heterocycles. The molecule has 0 aliphatic carbocycles. The summed E-state index contributed by atoms with van der Waals surface area (Å²) in [6.07, 6.45) is 1.44. The van der Waals surface area contributed by atoms with Gasteiger partial charge < -0.3 is 4.84 Å². The van der Waals surface area contributed by atoms with Crippen molar-refractivity contribution in [1.29, 1.82) is 0 Å². The smallest absolute Gasteiger partial charge is 0.324 e. The number of amides is 2. The van der Waals surface area contributed by atoms with E-state index in [1.54, 1.807) is 43.4 Å². The average Bonchev–Trinajstić information content (AvgIpc) is 3.16. The van der Waals surface area contributed by atoms with Crippen LogP contribution in [0, 0.1) is 0 Å². The molecule has 0 bridgehead atoms. The zero-order chi connectivity index (χ0) is 19.1. The van der Waals surface area contributed by atoms with Gasteiger partial charge in [0.05, 0.1) is 16.1 Å². The van der Waals surface area contributed by atoms with Crippen molar-refractivity contribution in [3.63, 3.8) is 0 Å². The molecular weight excluding hydrogens is 370 g/mol. The second kappa shape index (κ2) is 6.37. The van der Waals surface area contributed by atoms with Gasteiger partial charge in [-0.2, -0.15) is 5.10 Å². The second-order valence-electron chi connectivity index (χ2n) is 5.87. The predicted molar refractivity (Wildman–Crippen MR) is 96.0 cm³/mol. The zero-order valence-corrected chi connectivity index (χ0v) is 14.8. The number of benzene rings is 2. The second-order valence-corrected chi connectivity index (χ2v) is 6.28. The van der Waals surface area contributed by atoms with Gasteiger partial charge in [-0.25, -0.2) is 4.79 Å². The molecule has 2 heterocycles. The van der Waals surface area contributed by atoms with E-state index in [4.69, 9.17) is 16.4 Å². The number of nitrogens with zero attached hydrogens (tertiary/aromatic N) is 3. The topological polar surface area (TPSA) is 81.5 Å². The highest BCUT2D eigenvalue weighted by molar-refractivity contribution is 6.33. The van der Waals surface area contributed by atoms with Gasteiger partial charge >= 0.3 is 5.97 Å². The molecule has 1 aromatic heterocycles. The Morgan fingerprint density at radius 2 is 1.52 bits per heavy atom. The molecule has 134 valence electrons. The Kier molecular flexibility index (Phi) is 4.01. The summed E-state index contributed by atoms with van der Waals surface area (Å²) in [6.45, 7) is 0. The van der Waals surface area contributed by atoms with Crippen LogP contribution in [0.2, 0.25) is 5.02 Å². The van der Waals surface area contributed by atoms with Gasteiger partial charge in [0, 0.05) is 18.8 Å². The number of halogens is 1. The van der Waals surface area contributed by atoms with Gasteiger partial charge in [-0.1, -0.05) is 47.0 Å². The van der Waals surface area contributed by atoms with Crippen molar-refractivity contribution in [3.8, 4) is 11.3 Å². The van der Waals surface area contributed by atoms with Crippen LogP contribution in [0.3, 0.4) is 0 Å². The first-order valence-electron chi connectivity index (χ1n) is 7.96. The monoisotopic (exact) mass is 381 g/mol. The first-order valence-corrected chi connectivity index (χ1v) is 8.34. The van der Waals surface area contributed by atoms with Gasteiger partial charge in [0.25, 0.3) is 11.8 Å². The largest absolute Gasteiger partial charge is 0.367 e. The van der Waals surface area contributed by atoms with E-state index in [1.165, 1.54) is 23.0 Å². The average molecular weight is 382 g/mol. The van der Waals surface area contributed by atoms with Crippen molar-refractivity contribution in [1.82, 2.24) is 14.8 Å². The third-order valence-corrected chi connectivity index (χ3v) is 4.44. The maximum atomic E-state index is 12.7. The number of carbonyl (C=O) groups is 3. The highest BCUT2D eigenvalue weighted by atomic mass is 35.5. The summed E-state index contributed by atoms with van der Waals surface area (Å²) in [4.78, 5) is 42.6. The van der Waals surface area contributed by atoms with Gasteiger partial charge in [0.2, 0.25) is 0 Å². The number of hydrogen-bond acceptors (Lipinski definition) is 5. The van der Waals surface area contributed by atoms with Crippen molar-refractivity contribution in [2.45, 2.75) is 0 Å². The summed E-state index contributed by atoms with van der Waals surface area (Å²) in [6, 6.07) is 13.2. The molecule has 0 radical (unpaired) electrons. The Balaban J connectivity index is 1.67. The fraction of sp³-hybridized carbons (Fsp3) is 0.0526. The van der Waals surface area contributed by atoms with Crippen molar-refractivity contribution in [2.24, 2.45) is 7.05 Å². The number of carbonyl (C=O) groups excluding carboxylic acids is 3. The molecule has 0 spiro atoms. The van der Waals surface area contributed by atoms with E-state index in [2.05, 4.69) is 5.10 Å². The van der Waals surface area contributed by atoms with Crippen LogP contribution in [0.25, 0.3) is 11.3 Å². The number of hydroxylamine groups is 2. The lowest BCUT2D eigenvalue weighted by atomic mass is 10.1. The number of aromatic nitrogens is 2. The number of imide groups is 1. The molecule has 0 saturated heterocycles. The van der Waals surface area contributed by atoms with Crippen molar-refractivity contribution >= 4 is 29.4 Å². The summed E-state index contributed by atoms with van der Waals surface area (Å²) in [5.41, 5.74) is 1.29. The van der Waals surface area contributed by atoms with E-state index in [0.717, 1.165) is 0 Å². The highest BCUT2D eigenvalue weighted by Gasteiger charge is 2.39. The predicted octanol–water partition coefficient (Wildman–Crippen LogP) is 3.11. The van der Waals surface area contributed by atoms with Crippen LogP contribution in [0.5, 0.6) is 0 Å². The molecule has 2 aromatic carbocycles. The van der Waals surface area contributed by atoms with Gasteiger partial charge in [-0.05, 0) is 18.2 Å². The fourth-order valence-corrected chi connectivity index (χ4v) is 3.10. The van der Waals surface area contributed by atoms with E-state index in [9.17, 15) is 14.4 Å². The molecule has 1 aliphatic rings. The standard InChI is InChI=1S/C19H12ClN3O4/c1-22-10-14(16(21-22)13-8-4-5-9-15(13)20)19(26)27-23-17(24)11-6-2-3-7-12(11)18(23)25/h2-10H,1H3. The summed E-state index contributed by atoms with van der Waals surface area (Å²) >= 11 is 6.20. The SMILES string of the molecule is Cn1cc(C(=O)ON2C(=O)c3ccccc3C2=O)c(-c2ccccc2Cl)n1. The summed E-state index contributed by atoms with van der Waals surface area (Å²) in [5.74, 6) is -2.26. The maximum absolute atomic E-state index is 12.7. The first-order chi connectivity index (χ1) is 13.0. The van der Waals surface area contributed by atoms with Crippen LogP contribution in [0.4, 0.5) is 0 Å². The van der Waals surface area contributed by atoms with Crippen LogP contribution in [-0.2, 0) is 11.9 Å². The zero-order valence-electron chi connectivity index (χ0n) is 14.0. The summed E-state index contributed by atoms with van der Waals surface area (Å²) < 4.78 is 1.43. The number of aryl methyl sites for hydroxylation is 1. The summed E-state index contributed by atoms with van der Waals surface area (Å²) in [5, 5.41) is 5.13. The Labute approximate surface area is 158 Å². The molecule has 8 heteroatoms. The fourth-order valence-electron chi connectivity index (χ4n) is 2.87. The molecule has 0 N–H and O–H groups in total. The molecule has 0 saturated carbocycles. The molecule has 3 aromatic rings. The molecule has 4 rings (SSSR count). The number of rotatable bonds is 3. The van der Waals surface area contributed by atoms with Gasteiger partial charge in [-0.3, -0.25) is 14.3 Å². The van der Waals surface area contributed by atoms with Crippen LogP contribution in [-0.4, -0.2) is 32.6 Å². The molecule has 2 amide bonds. The molecule has 0 fully saturated rings. The molecule has 27 heavy (non-hydrogen) atoms. The number of hydrogen-bond donors (Lipinski definition) is 0. The van der Waals surface area contributed by atoms with E-state index in [1.807, 2.05) is 0 Å². The third kappa shape index (κ3) is 2.78. The molecular formula is C19H12ClN3O4. The van der Waals surface area contributed by atoms with Crippen LogP contribution in [0.15, 0.2) is 54.7 Å². The van der Waals surface area contributed by atoms with E-state index in [-0.39, 0.29) is 16.7 Å². The lowest BCUT2D eigenvalue weighted by molar-refractivity contribution is -0.0584. The van der Waals surface area contributed by atoms with Gasteiger partial charge in [0.1, 0.15) is 11.3 Å². The highest BCUT2D eigenvalue weighted by Crippen LogP contribution is 2.30. The van der Waals surface area contributed by atoms with Crippen molar-refractivity contribution < 1.29 is 19.2 Å². The van der Waals surface area contributed by atoms with Crippen LogP contribution in [0.1, 0.15) is 31.1 Å². The van der Waals surface area contributed by atoms with Gasteiger partial charge in [-0.15, -0.1) is 0 Å². The lowest BCUT2D eigenvalue weighted by Gasteiger charge is -2.12. The Hall–Kier alpha value is -3.45. The quantitative estimate of drug-likeness (QED) is 0.651. The van der Waals surface area contributed by atoms with Crippen LogP contribution < -0.4 is 0 Å². The maximum Gasteiger partial charge on any atom is 0.367 e. The Bertz CT molecular complexity index is 1070. The molecule has 7 nitrogen and oxygen atoms in total. The van der Waals surface area contributed by atoms with E-state index < -0.39 is 17.8 Å². The first kappa shape index (κ1) is 17.0. The van der Waals surface area contributed by atoms with E-state index >= 15 is 0 Å². The van der Waals surface area contributed by atoms with Gasteiger partial charge in [0.15, 0.2) is 0 Å². The number of fused-ring (bicyclic) bond motifs is 1. The summed E-state index contributed by atoms with van der Waals surface area (Å²) in [7, 11) is 1.64. The minimum atomic E-state index is -0.882. The molecule has 0 unspecified atom stereocenters. The lowest BCUT2D eigenvalue weighted by Crippen LogP contribution is -2.32. The van der Waals surface area contributed by atoms with Crippen molar-refractivity contribution in [2.75, 3.05) is 0 Å². The normalized spacial score (nSPS) is 13.0. The third-order valence-electron chi connectivity index (χ3n) is 4.11. The Morgan fingerprint density at radius 3 is 2.11 bits per heavy atom. The minimum Gasteiger partial charge on any atom is -0.324 e. The van der Waals surface area contributed by atoms with E-state index in [0.29, 0.717) is 21.3 Å².